The van der Waals surface area contributed by atoms with Crippen LogP contribution in [0.1, 0.15) is 54.9 Å². The van der Waals surface area contributed by atoms with Crippen molar-refractivity contribution in [3.8, 4) is 0 Å². The summed E-state index contributed by atoms with van der Waals surface area (Å²) in [5, 5.41) is 7.86. The molecule has 2 fully saturated rings. The van der Waals surface area contributed by atoms with Gasteiger partial charge < -0.3 is 25.7 Å². The monoisotopic (exact) mass is 467 g/mol. The van der Waals surface area contributed by atoms with Crippen LogP contribution in [0.15, 0.2) is 42.1 Å². The molecule has 0 spiro atoms. The Morgan fingerprint density at radius 1 is 1.24 bits per heavy atom. The molecule has 1 aromatic carbocycles. The summed E-state index contributed by atoms with van der Waals surface area (Å²) in [7, 11) is 0. The van der Waals surface area contributed by atoms with Gasteiger partial charge in [0.05, 0.1) is 18.9 Å². The highest BCUT2D eigenvalue weighted by Gasteiger charge is 2.31. The number of carbonyl (C=O) groups excluding carboxylic acids is 2. The predicted molar refractivity (Wildman–Crippen MR) is 127 cm³/mol. The quantitative estimate of drug-likeness (QED) is 0.370. The molecule has 2 aliphatic heterocycles. The Morgan fingerprint density at radius 2 is 2.03 bits per heavy atom. The molecule has 2 amide bonds. The smallest absolute Gasteiger partial charge is 0.279 e. The molecule has 3 atom stereocenters. The van der Waals surface area contributed by atoms with Crippen molar-refractivity contribution in [1.29, 1.82) is 0 Å². The number of hydrogen-bond acceptors (Lipinski definition) is 5. The highest BCUT2D eigenvalue weighted by Crippen LogP contribution is 2.28. The number of aromatic nitrogens is 2. The summed E-state index contributed by atoms with van der Waals surface area (Å²) in [5.41, 5.74) is 2.47. The maximum absolute atomic E-state index is 13.5. The van der Waals surface area contributed by atoms with E-state index >= 15 is 0 Å². The lowest BCUT2D eigenvalue weighted by molar-refractivity contribution is -0.135. The van der Waals surface area contributed by atoms with Gasteiger partial charge in [-0.3, -0.25) is 9.59 Å². The number of aromatic amines is 1. The SMILES string of the molecule is CC(C)c1[nH]c(C(C/C=C\c2ccccc2)C2COCCN2)nc1/C=C1\NC(=O)C(F)NC1=O. The van der Waals surface area contributed by atoms with E-state index in [9.17, 15) is 14.0 Å². The van der Waals surface area contributed by atoms with Crippen LogP contribution < -0.4 is 16.0 Å². The minimum atomic E-state index is -2.05. The number of ether oxygens (including phenoxy) is 1. The summed E-state index contributed by atoms with van der Waals surface area (Å²) in [6.45, 7) is 6.02. The number of H-pyrrole nitrogens is 1. The van der Waals surface area contributed by atoms with Crippen LogP contribution >= 0.6 is 0 Å². The Morgan fingerprint density at radius 3 is 2.74 bits per heavy atom. The molecule has 1 aromatic heterocycles. The van der Waals surface area contributed by atoms with Crippen LogP contribution in [0.3, 0.4) is 0 Å². The van der Waals surface area contributed by atoms with Gasteiger partial charge in [0, 0.05) is 24.2 Å². The van der Waals surface area contributed by atoms with Gasteiger partial charge in [-0.15, -0.1) is 0 Å². The number of allylic oxidation sites excluding steroid dienone is 1. The maximum Gasteiger partial charge on any atom is 0.279 e. The fraction of sp³-hybridized carbons (Fsp3) is 0.400. The molecule has 2 aromatic rings. The van der Waals surface area contributed by atoms with E-state index in [-0.39, 0.29) is 23.6 Å². The molecule has 0 bridgehead atoms. The molecule has 2 saturated heterocycles. The Kier molecular flexibility index (Phi) is 7.54. The Bertz CT molecular complexity index is 1070. The molecule has 3 unspecified atom stereocenters. The summed E-state index contributed by atoms with van der Waals surface area (Å²) in [4.78, 5) is 32.2. The Hall–Kier alpha value is -3.30. The van der Waals surface area contributed by atoms with Crippen LogP contribution in [0.5, 0.6) is 0 Å². The number of carbonyl (C=O) groups is 2. The first-order valence-electron chi connectivity index (χ1n) is 11.5. The van der Waals surface area contributed by atoms with Gasteiger partial charge in [-0.05, 0) is 24.0 Å². The van der Waals surface area contributed by atoms with Crippen molar-refractivity contribution in [3.05, 3.63) is 64.9 Å². The largest absolute Gasteiger partial charge is 0.378 e. The third-order valence-corrected chi connectivity index (χ3v) is 5.92. The number of piperazine rings is 1. The van der Waals surface area contributed by atoms with E-state index in [0.29, 0.717) is 18.9 Å². The maximum atomic E-state index is 13.5. The molecular weight excluding hydrogens is 437 g/mol. The molecule has 3 heterocycles. The minimum absolute atomic E-state index is 0.00471. The second-order valence-electron chi connectivity index (χ2n) is 8.75. The third-order valence-electron chi connectivity index (χ3n) is 5.92. The van der Waals surface area contributed by atoms with Crippen molar-refractivity contribution < 1.29 is 18.7 Å². The number of morpholine rings is 1. The molecule has 9 heteroatoms. The van der Waals surface area contributed by atoms with E-state index in [4.69, 9.17) is 9.72 Å². The van der Waals surface area contributed by atoms with Gasteiger partial charge >= 0.3 is 0 Å². The zero-order chi connectivity index (χ0) is 24.1. The normalized spacial score (nSPS) is 23.4. The van der Waals surface area contributed by atoms with E-state index < -0.39 is 18.1 Å². The molecule has 4 rings (SSSR count). The van der Waals surface area contributed by atoms with Crippen molar-refractivity contribution in [2.75, 3.05) is 19.8 Å². The van der Waals surface area contributed by atoms with Crippen LogP contribution in [0.25, 0.3) is 12.2 Å². The molecule has 4 N–H and O–H groups in total. The number of nitrogens with zero attached hydrogens (tertiary/aromatic N) is 1. The van der Waals surface area contributed by atoms with E-state index in [2.05, 4.69) is 27.8 Å². The lowest BCUT2D eigenvalue weighted by Crippen LogP contribution is -2.52. The van der Waals surface area contributed by atoms with Crippen LogP contribution in [0, 0.1) is 0 Å². The summed E-state index contributed by atoms with van der Waals surface area (Å²) in [5.74, 6) is -0.742. The fourth-order valence-corrected chi connectivity index (χ4v) is 4.12. The molecule has 0 radical (unpaired) electrons. The second kappa shape index (κ2) is 10.8. The zero-order valence-corrected chi connectivity index (χ0v) is 19.3. The lowest BCUT2D eigenvalue weighted by Gasteiger charge is -2.29. The summed E-state index contributed by atoms with van der Waals surface area (Å²) in [6.07, 6.45) is 4.37. The zero-order valence-electron chi connectivity index (χ0n) is 19.3. The first kappa shape index (κ1) is 23.8. The van der Waals surface area contributed by atoms with Crippen LogP contribution in [-0.4, -0.2) is 53.9 Å². The summed E-state index contributed by atoms with van der Waals surface area (Å²) in [6, 6.07) is 10.1. The van der Waals surface area contributed by atoms with Gasteiger partial charge in [0.25, 0.3) is 18.1 Å². The number of hydrogen-bond donors (Lipinski definition) is 4. The van der Waals surface area contributed by atoms with E-state index in [1.165, 1.54) is 6.08 Å². The molecule has 2 aliphatic rings. The van der Waals surface area contributed by atoms with E-state index in [1.54, 1.807) is 0 Å². The molecule has 180 valence electrons. The number of alkyl halides is 1. The van der Waals surface area contributed by atoms with Crippen molar-refractivity contribution >= 4 is 24.0 Å². The van der Waals surface area contributed by atoms with Gasteiger partial charge in [-0.2, -0.15) is 0 Å². The standard InChI is InChI=1S/C25H30FN5O3/c1-15(2)21-18(13-19-24(32)31-22(26)25(33)29-19)28-23(30-21)17(20-14-34-12-11-27-20)10-6-9-16-7-4-3-5-8-16/h3-9,13,15,17,20,22,27H,10-12,14H2,1-2H3,(H,28,30)(H,29,33)(H,31,32)/b9-6-,19-13-. The van der Waals surface area contributed by atoms with Gasteiger partial charge in [0.1, 0.15) is 11.5 Å². The fourth-order valence-electron chi connectivity index (χ4n) is 4.12. The van der Waals surface area contributed by atoms with Gasteiger partial charge in [0.2, 0.25) is 0 Å². The Labute approximate surface area is 198 Å². The topological polar surface area (TPSA) is 108 Å². The van der Waals surface area contributed by atoms with Crippen LogP contribution in [-0.2, 0) is 14.3 Å². The number of nitrogens with one attached hydrogen (secondary N) is 4. The van der Waals surface area contributed by atoms with Crippen molar-refractivity contribution in [1.82, 2.24) is 25.9 Å². The summed E-state index contributed by atoms with van der Waals surface area (Å²) >= 11 is 0. The lowest BCUT2D eigenvalue weighted by atomic mass is 9.94. The number of amides is 2. The van der Waals surface area contributed by atoms with Crippen molar-refractivity contribution in [2.24, 2.45) is 0 Å². The molecule has 34 heavy (non-hydrogen) atoms. The number of rotatable bonds is 7. The first-order valence-corrected chi connectivity index (χ1v) is 11.5. The van der Waals surface area contributed by atoms with Crippen LogP contribution in [0.2, 0.25) is 0 Å². The highest BCUT2D eigenvalue weighted by atomic mass is 19.1. The summed E-state index contributed by atoms with van der Waals surface area (Å²) < 4.78 is 19.2. The van der Waals surface area contributed by atoms with Gasteiger partial charge in [-0.25, -0.2) is 9.37 Å². The third kappa shape index (κ3) is 5.60. The molecule has 8 nitrogen and oxygen atoms in total. The highest BCUT2D eigenvalue weighted by molar-refractivity contribution is 6.06. The average molecular weight is 468 g/mol. The van der Waals surface area contributed by atoms with Crippen molar-refractivity contribution in [2.45, 2.75) is 44.4 Å². The average Bonchev–Trinajstić information content (AvgIpc) is 3.25. The number of benzene rings is 1. The second-order valence-corrected chi connectivity index (χ2v) is 8.75. The minimum Gasteiger partial charge on any atom is -0.378 e. The van der Waals surface area contributed by atoms with E-state index in [0.717, 1.165) is 30.0 Å². The molecule has 0 aliphatic carbocycles. The Balaban J connectivity index is 1.64. The van der Waals surface area contributed by atoms with Gasteiger partial charge in [0.15, 0.2) is 0 Å². The van der Waals surface area contributed by atoms with Crippen LogP contribution in [0.4, 0.5) is 4.39 Å². The molecular formula is C25H30FN5O3. The molecule has 0 saturated carbocycles. The van der Waals surface area contributed by atoms with Gasteiger partial charge in [-0.1, -0.05) is 56.3 Å². The van der Waals surface area contributed by atoms with E-state index in [1.807, 2.05) is 49.5 Å². The number of imidazole rings is 1. The number of halogens is 1. The predicted octanol–water partition coefficient (Wildman–Crippen LogP) is 2.59. The first-order chi connectivity index (χ1) is 16.4. The van der Waals surface area contributed by atoms with Crippen molar-refractivity contribution in [3.63, 3.8) is 0 Å².